The zero-order valence-electron chi connectivity index (χ0n) is 9.93. The lowest BCUT2D eigenvalue weighted by Gasteiger charge is -2.25. The first-order valence-corrected chi connectivity index (χ1v) is 7.54. The van der Waals surface area contributed by atoms with Crippen LogP contribution in [0.5, 0.6) is 0 Å². The minimum Gasteiger partial charge on any atom is -0.207 e. The maximum Gasteiger partial charge on any atom is 0.243 e. The van der Waals surface area contributed by atoms with Crippen LogP contribution in [0.4, 0.5) is 0 Å². The molecule has 17 heavy (non-hydrogen) atoms. The molecule has 0 unspecified atom stereocenters. The van der Waals surface area contributed by atoms with E-state index in [4.69, 9.17) is 11.6 Å². The first kappa shape index (κ1) is 12.9. The number of rotatable bonds is 4. The number of halogens is 1. The van der Waals surface area contributed by atoms with Gasteiger partial charge < -0.3 is 0 Å². The van der Waals surface area contributed by atoms with Crippen LogP contribution in [0.2, 0.25) is 5.02 Å². The molecule has 0 amide bonds. The average molecular weight is 274 g/mol. The van der Waals surface area contributed by atoms with Gasteiger partial charge in [-0.05, 0) is 51.0 Å². The van der Waals surface area contributed by atoms with Crippen molar-refractivity contribution in [3.63, 3.8) is 0 Å². The molecule has 94 valence electrons. The summed E-state index contributed by atoms with van der Waals surface area (Å²) in [4.78, 5) is 0.322. The van der Waals surface area contributed by atoms with Gasteiger partial charge in [-0.1, -0.05) is 11.6 Å². The lowest BCUT2D eigenvalue weighted by Crippen LogP contribution is -2.38. The van der Waals surface area contributed by atoms with Gasteiger partial charge in [0.2, 0.25) is 10.0 Å². The van der Waals surface area contributed by atoms with Crippen molar-refractivity contribution < 1.29 is 8.42 Å². The normalized spacial score (nSPS) is 16.8. The summed E-state index contributed by atoms with van der Waals surface area (Å²) in [7, 11) is -3.38. The largest absolute Gasteiger partial charge is 0.243 e. The second-order valence-electron chi connectivity index (χ2n) is 4.61. The van der Waals surface area contributed by atoms with Gasteiger partial charge in [-0.15, -0.1) is 0 Å². The van der Waals surface area contributed by atoms with E-state index in [-0.39, 0.29) is 12.1 Å². The third kappa shape index (κ3) is 2.64. The summed E-state index contributed by atoms with van der Waals surface area (Å²) < 4.78 is 26.5. The van der Waals surface area contributed by atoms with Crippen LogP contribution in [-0.2, 0) is 10.0 Å². The van der Waals surface area contributed by atoms with Gasteiger partial charge >= 0.3 is 0 Å². The monoisotopic (exact) mass is 273 g/mol. The molecule has 0 atom stereocenters. The number of hydrogen-bond donors (Lipinski definition) is 0. The highest BCUT2D eigenvalue weighted by molar-refractivity contribution is 7.89. The highest BCUT2D eigenvalue weighted by Gasteiger charge is 2.39. The quantitative estimate of drug-likeness (QED) is 0.846. The van der Waals surface area contributed by atoms with Gasteiger partial charge in [-0.3, -0.25) is 0 Å². The fourth-order valence-corrected chi connectivity index (χ4v) is 3.96. The molecule has 1 fully saturated rings. The molecule has 1 aliphatic rings. The standard InChI is InChI=1S/C12H16ClNO2S/c1-9(2)14(11-5-6-11)17(15,16)12-7-3-10(13)4-8-12/h3-4,7-9,11H,5-6H2,1-2H3. The Bertz CT molecular complexity index is 490. The van der Waals surface area contributed by atoms with Crippen molar-refractivity contribution in [3.8, 4) is 0 Å². The van der Waals surface area contributed by atoms with Gasteiger partial charge in [0.1, 0.15) is 0 Å². The van der Waals surface area contributed by atoms with E-state index in [0.717, 1.165) is 12.8 Å². The van der Waals surface area contributed by atoms with E-state index in [9.17, 15) is 8.42 Å². The van der Waals surface area contributed by atoms with Gasteiger partial charge in [-0.2, -0.15) is 4.31 Å². The highest BCUT2D eigenvalue weighted by Crippen LogP contribution is 2.33. The van der Waals surface area contributed by atoms with Crippen LogP contribution >= 0.6 is 11.6 Å². The van der Waals surface area contributed by atoms with Crippen LogP contribution in [0, 0.1) is 0 Å². The van der Waals surface area contributed by atoms with Gasteiger partial charge in [0.05, 0.1) is 4.90 Å². The van der Waals surface area contributed by atoms with Crippen molar-refractivity contribution in [2.24, 2.45) is 0 Å². The fourth-order valence-electron chi connectivity index (χ4n) is 1.95. The molecular formula is C12H16ClNO2S. The number of nitrogens with zero attached hydrogens (tertiary/aromatic N) is 1. The van der Waals surface area contributed by atoms with E-state index in [1.807, 2.05) is 13.8 Å². The number of sulfonamides is 1. The van der Waals surface area contributed by atoms with Crippen LogP contribution in [0.3, 0.4) is 0 Å². The predicted molar refractivity (Wildman–Crippen MR) is 68.6 cm³/mol. The summed E-state index contributed by atoms with van der Waals surface area (Å²) in [6.45, 7) is 3.82. The Balaban J connectivity index is 2.37. The van der Waals surface area contributed by atoms with E-state index in [1.54, 1.807) is 28.6 Å². The maximum atomic E-state index is 12.4. The second kappa shape index (κ2) is 4.59. The Hall–Kier alpha value is -0.580. The van der Waals surface area contributed by atoms with Crippen LogP contribution in [-0.4, -0.2) is 24.8 Å². The molecule has 0 saturated heterocycles. The average Bonchev–Trinajstić information content (AvgIpc) is 3.01. The molecule has 0 aromatic heterocycles. The van der Waals surface area contributed by atoms with Gasteiger partial charge in [0.25, 0.3) is 0 Å². The molecule has 0 radical (unpaired) electrons. The summed E-state index contributed by atoms with van der Waals surface area (Å²) in [5, 5.41) is 0.548. The van der Waals surface area contributed by atoms with E-state index in [0.29, 0.717) is 9.92 Å². The second-order valence-corrected chi connectivity index (χ2v) is 6.89. The molecule has 0 spiro atoms. The van der Waals surface area contributed by atoms with E-state index < -0.39 is 10.0 Å². The first-order chi connectivity index (χ1) is 7.93. The lowest BCUT2D eigenvalue weighted by molar-refractivity contribution is 0.346. The lowest BCUT2D eigenvalue weighted by atomic mass is 10.4. The Kier molecular flexibility index (Phi) is 3.48. The van der Waals surface area contributed by atoms with Crippen molar-refractivity contribution in [2.75, 3.05) is 0 Å². The minimum absolute atomic E-state index is 0.0109. The van der Waals surface area contributed by atoms with Gasteiger partial charge in [0.15, 0.2) is 0 Å². The Morgan fingerprint density at radius 2 is 1.76 bits per heavy atom. The molecule has 0 bridgehead atoms. The summed E-state index contributed by atoms with van der Waals surface area (Å²) in [6.07, 6.45) is 1.93. The SMILES string of the molecule is CC(C)N(C1CC1)S(=O)(=O)c1ccc(Cl)cc1. The van der Waals surface area contributed by atoms with Crippen molar-refractivity contribution in [3.05, 3.63) is 29.3 Å². The van der Waals surface area contributed by atoms with Crippen LogP contribution < -0.4 is 0 Å². The summed E-state index contributed by atoms with van der Waals surface area (Å²) >= 11 is 5.77. The van der Waals surface area contributed by atoms with Crippen LogP contribution in [0.1, 0.15) is 26.7 Å². The van der Waals surface area contributed by atoms with Crippen molar-refractivity contribution in [1.29, 1.82) is 0 Å². The molecule has 0 aliphatic heterocycles. The Labute approximate surface area is 107 Å². The first-order valence-electron chi connectivity index (χ1n) is 5.72. The van der Waals surface area contributed by atoms with Crippen molar-refractivity contribution >= 4 is 21.6 Å². The Morgan fingerprint density at radius 1 is 1.24 bits per heavy atom. The molecule has 5 heteroatoms. The molecule has 1 aromatic carbocycles. The van der Waals surface area contributed by atoms with Crippen molar-refractivity contribution in [1.82, 2.24) is 4.31 Å². The molecule has 2 rings (SSSR count). The molecule has 1 aliphatic carbocycles. The third-order valence-electron chi connectivity index (χ3n) is 2.80. The van der Waals surface area contributed by atoms with E-state index in [1.165, 1.54) is 0 Å². The molecule has 1 saturated carbocycles. The molecule has 3 nitrogen and oxygen atoms in total. The summed E-state index contributed by atoms with van der Waals surface area (Å²) in [5.41, 5.74) is 0. The third-order valence-corrected chi connectivity index (χ3v) is 5.20. The molecular weight excluding hydrogens is 258 g/mol. The fraction of sp³-hybridized carbons (Fsp3) is 0.500. The topological polar surface area (TPSA) is 37.4 Å². The molecule has 0 N–H and O–H groups in total. The van der Waals surface area contributed by atoms with Crippen molar-refractivity contribution in [2.45, 2.75) is 43.7 Å². The summed E-state index contributed by atoms with van der Waals surface area (Å²) in [6, 6.07) is 6.52. The maximum absolute atomic E-state index is 12.4. The van der Waals surface area contributed by atoms with E-state index in [2.05, 4.69) is 0 Å². The highest BCUT2D eigenvalue weighted by atomic mass is 35.5. The van der Waals surface area contributed by atoms with Gasteiger partial charge in [0, 0.05) is 17.1 Å². The number of benzene rings is 1. The molecule has 1 aromatic rings. The van der Waals surface area contributed by atoms with Gasteiger partial charge in [-0.25, -0.2) is 8.42 Å². The predicted octanol–water partition coefficient (Wildman–Crippen LogP) is 2.90. The van der Waals surface area contributed by atoms with Crippen LogP contribution in [0.25, 0.3) is 0 Å². The smallest absolute Gasteiger partial charge is 0.207 e. The Morgan fingerprint density at radius 3 is 2.18 bits per heavy atom. The summed E-state index contributed by atoms with van der Waals surface area (Å²) in [5.74, 6) is 0. The zero-order chi connectivity index (χ0) is 12.6. The van der Waals surface area contributed by atoms with E-state index >= 15 is 0 Å². The number of hydrogen-bond acceptors (Lipinski definition) is 2. The zero-order valence-corrected chi connectivity index (χ0v) is 11.5. The van der Waals surface area contributed by atoms with Crippen LogP contribution in [0.15, 0.2) is 29.2 Å². The minimum atomic E-state index is -3.38. The molecule has 0 heterocycles.